The molecule has 0 atom stereocenters. The highest BCUT2D eigenvalue weighted by Gasteiger charge is 2.04. The van der Waals surface area contributed by atoms with Crippen molar-refractivity contribution < 1.29 is 0 Å². The molecule has 2 heteroatoms. The highest BCUT2D eigenvalue weighted by Crippen LogP contribution is 2.30. The van der Waals surface area contributed by atoms with E-state index in [1.165, 1.54) is 11.1 Å². The predicted molar refractivity (Wildman–Crippen MR) is 70.8 cm³/mol. The molecule has 0 saturated carbocycles. The first-order chi connectivity index (χ1) is 7.70. The first-order valence-electron chi connectivity index (χ1n) is 5.22. The van der Waals surface area contributed by atoms with Crippen LogP contribution < -0.4 is 0 Å². The first kappa shape index (κ1) is 11.0. The van der Waals surface area contributed by atoms with E-state index in [0.717, 1.165) is 16.8 Å². The monoisotopic (exact) mass is 227 g/mol. The van der Waals surface area contributed by atoms with Crippen LogP contribution in [-0.4, -0.2) is 0 Å². The number of rotatable bonds is 2. The average Bonchev–Trinajstić information content (AvgIpc) is 2.30. The number of hydrogen-bond acceptors (Lipinski definition) is 2. The Kier molecular flexibility index (Phi) is 3.11. The maximum absolute atomic E-state index is 4.82. The fraction of sp³-hybridized carbons (Fsp3) is 0.143. The van der Waals surface area contributed by atoms with Crippen molar-refractivity contribution in [1.29, 1.82) is 0 Å². The Morgan fingerprint density at radius 3 is 2.12 bits per heavy atom. The molecule has 2 aromatic rings. The summed E-state index contributed by atoms with van der Waals surface area (Å²) in [4.78, 5) is 0. The van der Waals surface area contributed by atoms with Gasteiger partial charge in [0.1, 0.15) is 0 Å². The molecular weight excluding hydrogens is 214 g/mol. The fourth-order valence-electron chi connectivity index (χ4n) is 1.69. The molecule has 0 fully saturated rings. The van der Waals surface area contributed by atoms with E-state index in [1.807, 2.05) is 13.0 Å². The molecule has 1 nitrogen and oxygen atoms in total. The van der Waals surface area contributed by atoms with Gasteiger partial charge >= 0.3 is 0 Å². The van der Waals surface area contributed by atoms with Crippen LogP contribution in [0, 0.1) is 13.8 Å². The molecule has 2 aromatic carbocycles. The minimum absolute atomic E-state index is 0.874. The summed E-state index contributed by atoms with van der Waals surface area (Å²) < 4.78 is 3.91. The highest BCUT2D eigenvalue weighted by molar-refractivity contribution is 7.47. The fourth-order valence-corrected chi connectivity index (χ4v) is 1.85. The molecular formula is C14H13NS. The number of hydrogen-bond donors (Lipinski definition) is 0. The van der Waals surface area contributed by atoms with Crippen LogP contribution in [-0.2, 0) is 12.4 Å². The second-order valence-corrected chi connectivity index (χ2v) is 4.16. The number of nitrogens with zero attached hydrogens (tertiary/aromatic N) is 1. The molecule has 0 N–H and O–H groups in total. The van der Waals surface area contributed by atoms with E-state index < -0.39 is 0 Å². The molecule has 16 heavy (non-hydrogen) atoms. The summed E-state index contributed by atoms with van der Waals surface area (Å²) in [7, 11) is 0. The van der Waals surface area contributed by atoms with Crippen LogP contribution in [0.5, 0.6) is 0 Å². The Morgan fingerprint density at radius 2 is 1.50 bits per heavy atom. The Bertz CT molecular complexity index is 515. The van der Waals surface area contributed by atoms with Crippen molar-refractivity contribution in [3.63, 3.8) is 0 Å². The Hall–Kier alpha value is -1.54. The van der Waals surface area contributed by atoms with Crippen molar-refractivity contribution in [3.05, 3.63) is 53.6 Å². The van der Waals surface area contributed by atoms with Gasteiger partial charge in [0, 0.05) is 18.0 Å². The molecule has 0 saturated heterocycles. The van der Waals surface area contributed by atoms with E-state index in [2.05, 4.69) is 47.7 Å². The van der Waals surface area contributed by atoms with Gasteiger partial charge in [0.2, 0.25) is 0 Å². The van der Waals surface area contributed by atoms with Gasteiger partial charge in [0.05, 0.1) is 5.69 Å². The van der Waals surface area contributed by atoms with Gasteiger partial charge in [-0.3, -0.25) is 0 Å². The third-order valence-electron chi connectivity index (χ3n) is 2.61. The van der Waals surface area contributed by atoms with Crippen LogP contribution in [0.2, 0.25) is 0 Å². The quantitative estimate of drug-likeness (QED) is 0.743. The summed E-state index contributed by atoms with van der Waals surface area (Å²) in [5.41, 5.74) is 5.57. The number of aryl methyl sites for hydroxylation is 2. The molecule has 0 aliphatic carbocycles. The Labute approximate surface area is 101 Å². The summed E-state index contributed by atoms with van der Waals surface area (Å²) in [5, 5.41) is 0. The average molecular weight is 227 g/mol. The van der Waals surface area contributed by atoms with Gasteiger partial charge in [-0.1, -0.05) is 42.0 Å². The summed E-state index contributed by atoms with van der Waals surface area (Å²) in [6.07, 6.45) is 0. The van der Waals surface area contributed by atoms with Crippen molar-refractivity contribution in [2.75, 3.05) is 0 Å². The molecule has 0 amide bonds. The van der Waals surface area contributed by atoms with Gasteiger partial charge in [-0.05, 0) is 31.0 Å². The van der Waals surface area contributed by atoms with Gasteiger partial charge in [0.15, 0.2) is 0 Å². The lowest BCUT2D eigenvalue weighted by Gasteiger charge is -2.06. The molecule has 0 heterocycles. The second kappa shape index (κ2) is 4.54. The lowest BCUT2D eigenvalue weighted by atomic mass is 10.0. The molecule has 0 aliphatic heterocycles. The third-order valence-corrected chi connectivity index (χ3v) is 2.81. The predicted octanol–water partition coefficient (Wildman–Crippen LogP) is 4.33. The van der Waals surface area contributed by atoms with E-state index >= 15 is 0 Å². The summed E-state index contributed by atoms with van der Waals surface area (Å²) in [5.74, 6) is 0. The van der Waals surface area contributed by atoms with E-state index in [1.54, 1.807) is 0 Å². The van der Waals surface area contributed by atoms with Crippen molar-refractivity contribution in [1.82, 2.24) is 0 Å². The maximum atomic E-state index is 4.82. The smallest absolute Gasteiger partial charge is 0.0850 e. The molecule has 0 aliphatic rings. The van der Waals surface area contributed by atoms with E-state index in [9.17, 15) is 0 Å². The molecule has 80 valence electrons. The zero-order chi connectivity index (χ0) is 11.5. The lowest BCUT2D eigenvalue weighted by molar-refractivity contribution is 1.42. The minimum Gasteiger partial charge on any atom is -0.181 e. The number of benzene rings is 2. The van der Waals surface area contributed by atoms with Crippen LogP contribution in [0.25, 0.3) is 11.1 Å². The molecule has 0 unspecified atom stereocenters. The molecule has 2 rings (SSSR count). The minimum atomic E-state index is 0.874. The normalized spacial score (nSPS) is 10.1. The largest absolute Gasteiger partial charge is 0.181 e. The van der Waals surface area contributed by atoms with Gasteiger partial charge in [-0.15, -0.1) is 0 Å². The Balaban J connectivity index is 2.55. The van der Waals surface area contributed by atoms with Crippen LogP contribution in [0.1, 0.15) is 11.1 Å². The van der Waals surface area contributed by atoms with Gasteiger partial charge in [0.25, 0.3) is 0 Å². The SMILES string of the molecule is Cc1ccc(-c2ccc(C)cc2N=S)cc1. The van der Waals surface area contributed by atoms with Gasteiger partial charge in [-0.25, -0.2) is 0 Å². The van der Waals surface area contributed by atoms with Crippen molar-refractivity contribution in [3.8, 4) is 11.1 Å². The lowest BCUT2D eigenvalue weighted by Crippen LogP contribution is -1.81. The topological polar surface area (TPSA) is 12.4 Å². The molecule has 0 bridgehead atoms. The van der Waals surface area contributed by atoms with E-state index in [4.69, 9.17) is 12.4 Å². The summed E-state index contributed by atoms with van der Waals surface area (Å²) in [6, 6.07) is 14.6. The van der Waals surface area contributed by atoms with Crippen molar-refractivity contribution >= 4 is 18.1 Å². The molecule has 0 aromatic heterocycles. The maximum Gasteiger partial charge on any atom is 0.0850 e. The van der Waals surface area contributed by atoms with Crippen LogP contribution in [0.3, 0.4) is 0 Å². The summed E-state index contributed by atoms with van der Waals surface area (Å²) in [6.45, 7) is 4.13. The van der Waals surface area contributed by atoms with Crippen molar-refractivity contribution in [2.45, 2.75) is 13.8 Å². The van der Waals surface area contributed by atoms with Crippen LogP contribution in [0.15, 0.2) is 46.8 Å². The van der Waals surface area contributed by atoms with Crippen molar-refractivity contribution in [2.24, 2.45) is 4.36 Å². The van der Waals surface area contributed by atoms with Gasteiger partial charge in [-0.2, -0.15) is 4.36 Å². The zero-order valence-corrected chi connectivity index (χ0v) is 10.2. The van der Waals surface area contributed by atoms with Crippen LogP contribution >= 0.6 is 0 Å². The standard InChI is InChI=1S/C14H13NS/c1-10-3-6-12(7-4-10)13-8-5-11(2)9-14(13)15-16/h3-9H,1-2H3. The molecule has 0 spiro atoms. The van der Waals surface area contributed by atoms with E-state index in [-0.39, 0.29) is 0 Å². The Morgan fingerprint density at radius 1 is 0.875 bits per heavy atom. The second-order valence-electron chi connectivity index (χ2n) is 3.98. The first-order valence-corrected chi connectivity index (χ1v) is 5.58. The summed E-state index contributed by atoms with van der Waals surface area (Å²) >= 11 is 4.82. The zero-order valence-electron chi connectivity index (χ0n) is 9.40. The van der Waals surface area contributed by atoms with Crippen LogP contribution in [0.4, 0.5) is 5.69 Å². The molecule has 0 radical (unpaired) electrons. The van der Waals surface area contributed by atoms with Gasteiger partial charge < -0.3 is 0 Å². The highest BCUT2D eigenvalue weighted by atomic mass is 32.1. The third kappa shape index (κ3) is 2.17. The van der Waals surface area contributed by atoms with E-state index in [0.29, 0.717) is 0 Å².